The molecule has 0 fully saturated rings. The lowest BCUT2D eigenvalue weighted by atomic mass is 10.1. The molecule has 0 bridgehead atoms. The van der Waals surface area contributed by atoms with Crippen molar-refractivity contribution < 1.29 is 0 Å². The molecule has 2 rings (SSSR count). The quantitative estimate of drug-likeness (QED) is 0.875. The third-order valence-electron chi connectivity index (χ3n) is 3.04. The number of nitrogens with one attached hydrogen (secondary N) is 1. The van der Waals surface area contributed by atoms with Crippen LogP contribution in [0.25, 0.3) is 11.4 Å². The fourth-order valence-corrected chi connectivity index (χ4v) is 2.82. The van der Waals surface area contributed by atoms with E-state index in [1.54, 1.807) is 0 Å². The third kappa shape index (κ3) is 3.18. The normalized spacial score (nSPS) is 10.9. The number of anilines is 1. The summed E-state index contributed by atoms with van der Waals surface area (Å²) in [5, 5.41) is 3.30. The van der Waals surface area contributed by atoms with Gasteiger partial charge in [0.05, 0.1) is 10.2 Å². The average Bonchev–Trinajstić information content (AvgIpc) is 2.41. The molecule has 0 saturated carbocycles. The molecule has 0 spiro atoms. The SMILES string of the molecule is CCNc1nc(-c2cccc(C)c2)nc(C(C)C)c1Br. The largest absolute Gasteiger partial charge is 0.369 e. The second kappa shape index (κ2) is 6.35. The smallest absolute Gasteiger partial charge is 0.161 e. The Bertz CT molecular complexity index is 609. The van der Waals surface area contributed by atoms with Crippen LogP contribution in [0.15, 0.2) is 28.7 Å². The zero-order chi connectivity index (χ0) is 14.7. The zero-order valence-electron chi connectivity index (χ0n) is 12.4. The first-order valence-electron chi connectivity index (χ1n) is 6.91. The van der Waals surface area contributed by atoms with Crippen molar-refractivity contribution in [2.45, 2.75) is 33.6 Å². The van der Waals surface area contributed by atoms with Crippen molar-refractivity contribution >= 4 is 21.7 Å². The Morgan fingerprint density at radius 3 is 2.60 bits per heavy atom. The number of aryl methyl sites for hydroxylation is 1. The van der Waals surface area contributed by atoms with Crippen LogP contribution in [0.5, 0.6) is 0 Å². The van der Waals surface area contributed by atoms with Crippen LogP contribution in [0.4, 0.5) is 5.82 Å². The van der Waals surface area contributed by atoms with Crippen molar-refractivity contribution in [3.8, 4) is 11.4 Å². The van der Waals surface area contributed by atoms with E-state index in [0.29, 0.717) is 5.92 Å². The average molecular weight is 334 g/mol. The van der Waals surface area contributed by atoms with Gasteiger partial charge >= 0.3 is 0 Å². The fraction of sp³-hybridized carbons (Fsp3) is 0.375. The van der Waals surface area contributed by atoms with Gasteiger partial charge in [-0.3, -0.25) is 0 Å². The Balaban J connectivity index is 2.58. The lowest BCUT2D eigenvalue weighted by Gasteiger charge is -2.14. The first-order chi connectivity index (χ1) is 9.52. The number of nitrogens with zero attached hydrogens (tertiary/aromatic N) is 2. The maximum Gasteiger partial charge on any atom is 0.161 e. The first kappa shape index (κ1) is 15.0. The molecule has 4 heteroatoms. The van der Waals surface area contributed by atoms with Gasteiger partial charge in [0.2, 0.25) is 0 Å². The summed E-state index contributed by atoms with van der Waals surface area (Å²) < 4.78 is 0.964. The van der Waals surface area contributed by atoms with Gasteiger partial charge in [0.25, 0.3) is 0 Å². The van der Waals surface area contributed by atoms with Gasteiger partial charge in [-0.1, -0.05) is 37.6 Å². The van der Waals surface area contributed by atoms with Crippen LogP contribution >= 0.6 is 15.9 Å². The molecule has 2 aromatic rings. The number of aromatic nitrogens is 2. The van der Waals surface area contributed by atoms with E-state index in [0.717, 1.165) is 33.9 Å². The predicted molar refractivity (Wildman–Crippen MR) is 88.2 cm³/mol. The molecule has 20 heavy (non-hydrogen) atoms. The molecule has 1 N–H and O–H groups in total. The van der Waals surface area contributed by atoms with Crippen molar-refractivity contribution in [3.05, 3.63) is 40.0 Å². The molecule has 0 saturated heterocycles. The van der Waals surface area contributed by atoms with Crippen LogP contribution in [0.2, 0.25) is 0 Å². The highest BCUT2D eigenvalue weighted by Crippen LogP contribution is 2.31. The van der Waals surface area contributed by atoms with E-state index in [4.69, 9.17) is 4.98 Å². The second-order valence-corrected chi connectivity index (χ2v) is 5.94. The van der Waals surface area contributed by atoms with Gasteiger partial charge in [-0.25, -0.2) is 9.97 Å². The molecular formula is C16H20BrN3. The van der Waals surface area contributed by atoms with Crippen molar-refractivity contribution in [1.29, 1.82) is 0 Å². The number of benzene rings is 1. The maximum atomic E-state index is 4.73. The van der Waals surface area contributed by atoms with Crippen LogP contribution in [0.1, 0.15) is 37.9 Å². The Kier molecular flexibility index (Phi) is 4.76. The van der Waals surface area contributed by atoms with E-state index < -0.39 is 0 Å². The van der Waals surface area contributed by atoms with Gasteiger partial charge in [0.1, 0.15) is 5.82 Å². The molecule has 1 heterocycles. The Labute approximate surface area is 129 Å². The molecule has 0 unspecified atom stereocenters. The predicted octanol–water partition coefficient (Wildman–Crippen LogP) is 4.77. The summed E-state index contributed by atoms with van der Waals surface area (Å²) in [6, 6.07) is 8.29. The fourth-order valence-electron chi connectivity index (χ4n) is 2.04. The molecule has 1 aromatic carbocycles. The number of hydrogen-bond donors (Lipinski definition) is 1. The third-order valence-corrected chi connectivity index (χ3v) is 3.83. The zero-order valence-corrected chi connectivity index (χ0v) is 14.0. The number of halogens is 1. The van der Waals surface area contributed by atoms with Crippen LogP contribution in [-0.4, -0.2) is 16.5 Å². The van der Waals surface area contributed by atoms with Crippen molar-refractivity contribution in [2.75, 3.05) is 11.9 Å². The van der Waals surface area contributed by atoms with Gasteiger partial charge in [0.15, 0.2) is 5.82 Å². The molecule has 0 aliphatic carbocycles. The van der Waals surface area contributed by atoms with Gasteiger partial charge in [-0.2, -0.15) is 0 Å². The molecule has 0 radical (unpaired) electrons. The number of hydrogen-bond acceptors (Lipinski definition) is 3. The van der Waals surface area contributed by atoms with Crippen molar-refractivity contribution in [2.24, 2.45) is 0 Å². The summed E-state index contributed by atoms with van der Waals surface area (Å²) in [4.78, 5) is 9.38. The Hall–Kier alpha value is -1.42. The molecule has 0 amide bonds. The molecular weight excluding hydrogens is 314 g/mol. The van der Waals surface area contributed by atoms with Gasteiger partial charge < -0.3 is 5.32 Å². The maximum absolute atomic E-state index is 4.73. The van der Waals surface area contributed by atoms with E-state index in [1.807, 2.05) is 6.07 Å². The summed E-state index contributed by atoms with van der Waals surface area (Å²) in [5.74, 6) is 1.98. The summed E-state index contributed by atoms with van der Waals surface area (Å²) in [5.41, 5.74) is 3.30. The molecule has 3 nitrogen and oxygen atoms in total. The van der Waals surface area contributed by atoms with E-state index in [-0.39, 0.29) is 0 Å². The van der Waals surface area contributed by atoms with E-state index in [1.165, 1.54) is 5.56 Å². The Morgan fingerprint density at radius 1 is 1.25 bits per heavy atom. The topological polar surface area (TPSA) is 37.8 Å². The highest BCUT2D eigenvalue weighted by atomic mass is 79.9. The molecule has 0 aliphatic rings. The van der Waals surface area contributed by atoms with Gasteiger partial charge in [-0.05, 0) is 41.8 Å². The minimum atomic E-state index is 0.341. The minimum Gasteiger partial charge on any atom is -0.369 e. The summed E-state index contributed by atoms with van der Waals surface area (Å²) in [6.07, 6.45) is 0. The highest BCUT2D eigenvalue weighted by Gasteiger charge is 2.15. The molecule has 0 atom stereocenters. The summed E-state index contributed by atoms with van der Waals surface area (Å²) in [6.45, 7) is 9.26. The lowest BCUT2D eigenvalue weighted by molar-refractivity contribution is 0.809. The van der Waals surface area contributed by atoms with E-state index in [2.05, 4.69) is 72.1 Å². The minimum absolute atomic E-state index is 0.341. The molecule has 0 aliphatic heterocycles. The summed E-state index contributed by atoms with van der Waals surface area (Å²) >= 11 is 3.62. The van der Waals surface area contributed by atoms with Crippen LogP contribution in [0, 0.1) is 6.92 Å². The van der Waals surface area contributed by atoms with Crippen molar-refractivity contribution in [1.82, 2.24) is 9.97 Å². The Morgan fingerprint density at radius 2 is 2.00 bits per heavy atom. The van der Waals surface area contributed by atoms with E-state index >= 15 is 0 Å². The van der Waals surface area contributed by atoms with Crippen LogP contribution < -0.4 is 5.32 Å². The molecule has 1 aromatic heterocycles. The van der Waals surface area contributed by atoms with Gasteiger partial charge in [-0.15, -0.1) is 0 Å². The summed E-state index contributed by atoms with van der Waals surface area (Å²) in [7, 11) is 0. The monoisotopic (exact) mass is 333 g/mol. The lowest BCUT2D eigenvalue weighted by Crippen LogP contribution is -2.07. The molecule has 106 valence electrons. The van der Waals surface area contributed by atoms with E-state index in [9.17, 15) is 0 Å². The number of rotatable bonds is 4. The van der Waals surface area contributed by atoms with Crippen LogP contribution in [0.3, 0.4) is 0 Å². The standard InChI is InChI=1S/C16H20BrN3/c1-5-18-16-13(17)14(10(2)3)19-15(20-16)12-8-6-7-11(4)9-12/h6-10H,5H2,1-4H3,(H,18,19,20). The van der Waals surface area contributed by atoms with Crippen LogP contribution in [-0.2, 0) is 0 Å². The van der Waals surface area contributed by atoms with Crippen molar-refractivity contribution in [3.63, 3.8) is 0 Å². The van der Waals surface area contributed by atoms with Gasteiger partial charge in [0, 0.05) is 12.1 Å². The second-order valence-electron chi connectivity index (χ2n) is 5.15. The first-order valence-corrected chi connectivity index (χ1v) is 7.70. The highest BCUT2D eigenvalue weighted by molar-refractivity contribution is 9.10.